The monoisotopic (exact) mass is 293 g/mol. The van der Waals surface area contributed by atoms with E-state index in [1.807, 2.05) is 20.2 Å². The minimum Gasteiger partial charge on any atom is -0.462 e. The average molecular weight is 293 g/mol. The Morgan fingerprint density at radius 3 is 2.48 bits per heavy atom. The van der Waals surface area contributed by atoms with Crippen molar-refractivity contribution in [2.45, 2.75) is 20.3 Å². The van der Waals surface area contributed by atoms with Crippen molar-refractivity contribution < 1.29 is 9.53 Å². The van der Waals surface area contributed by atoms with E-state index in [4.69, 9.17) is 10.5 Å². The molecule has 21 heavy (non-hydrogen) atoms. The van der Waals surface area contributed by atoms with E-state index >= 15 is 0 Å². The Morgan fingerprint density at radius 1 is 1.19 bits per heavy atom. The van der Waals surface area contributed by atoms with E-state index in [1.165, 1.54) is 0 Å². The molecule has 1 aromatic carbocycles. The van der Waals surface area contributed by atoms with Crippen LogP contribution >= 0.6 is 0 Å². The van der Waals surface area contributed by atoms with Crippen molar-refractivity contribution in [1.29, 1.82) is 0 Å². The molecule has 1 aromatic rings. The highest BCUT2D eigenvalue weighted by atomic mass is 16.5. The Bertz CT molecular complexity index is 461. The van der Waals surface area contributed by atoms with Crippen LogP contribution in [0, 0.1) is 0 Å². The second kappa shape index (κ2) is 8.52. The first-order valence-corrected chi connectivity index (χ1v) is 7.46. The van der Waals surface area contributed by atoms with Crippen LogP contribution in [0.15, 0.2) is 18.2 Å². The third-order valence-corrected chi connectivity index (χ3v) is 3.19. The fourth-order valence-corrected chi connectivity index (χ4v) is 2.21. The van der Waals surface area contributed by atoms with Gasteiger partial charge in [-0.2, -0.15) is 0 Å². The van der Waals surface area contributed by atoms with Gasteiger partial charge in [0.05, 0.1) is 23.5 Å². The van der Waals surface area contributed by atoms with Gasteiger partial charge in [-0.05, 0) is 39.6 Å². The molecule has 0 heterocycles. The number of nitrogens with two attached hydrogens (primary N) is 1. The van der Waals surface area contributed by atoms with E-state index in [0.29, 0.717) is 17.9 Å². The summed E-state index contributed by atoms with van der Waals surface area (Å²) in [5.74, 6) is -0.314. The van der Waals surface area contributed by atoms with Crippen molar-refractivity contribution in [3.63, 3.8) is 0 Å². The molecule has 0 radical (unpaired) electrons. The van der Waals surface area contributed by atoms with Gasteiger partial charge in [0.1, 0.15) is 0 Å². The second-order valence-electron chi connectivity index (χ2n) is 5.25. The molecule has 5 heteroatoms. The van der Waals surface area contributed by atoms with Gasteiger partial charge in [0.15, 0.2) is 0 Å². The second-order valence-corrected chi connectivity index (χ2v) is 5.25. The zero-order valence-corrected chi connectivity index (χ0v) is 13.6. The summed E-state index contributed by atoms with van der Waals surface area (Å²) in [7, 11) is 4.06. The number of rotatable bonds is 8. The number of benzene rings is 1. The number of esters is 1. The van der Waals surface area contributed by atoms with Crippen molar-refractivity contribution >= 4 is 17.3 Å². The van der Waals surface area contributed by atoms with Crippen molar-refractivity contribution in [3.8, 4) is 0 Å². The van der Waals surface area contributed by atoms with E-state index in [-0.39, 0.29) is 5.97 Å². The number of nitrogen functional groups attached to an aromatic ring is 1. The summed E-state index contributed by atoms with van der Waals surface area (Å²) in [6.45, 7) is 6.86. The van der Waals surface area contributed by atoms with Crippen molar-refractivity contribution in [2.75, 3.05) is 51.0 Å². The first-order valence-electron chi connectivity index (χ1n) is 7.46. The molecule has 0 unspecified atom stereocenters. The topological polar surface area (TPSA) is 58.8 Å². The van der Waals surface area contributed by atoms with Crippen LogP contribution in [0.4, 0.5) is 11.4 Å². The highest BCUT2D eigenvalue weighted by Crippen LogP contribution is 2.28. The number of ether oxygens (including phenoxy) is 1. The molecular formula is C16H27N3O2. The van der Waals surface area contributed by atoms with Crippen LogP contribution in [0.5, 0.6) is 0 Å². The number of hydrogen-bond donors (Lipinski definition) is 1. The maximum Gasteiger partial charge on any atom is 0.340 e. The molecule has 0 bridgehead atoms. The fraction of sp³-hybridized carbons (Fsp3) is 0.562. The SMILES string of the molecule is CCCN(CCN(C)C)c1c(N)cccc1C(=O)OCC. The molecule has 1 rings (SSSR count). The Labute approximate surface area is 127 Å². The largest absolute Gasteiger partial charge is 0.462 e. The molecule has 2 N–H and O–H groups in total. The van der Waals surface area contributed by atoms with E-state index in [1.54, 1.807) is 19.1 Å². The molecule has 5 nitrogen and oxygen atoms in total. The number of hydrogen-bond acceptors (Lipinski definition) is 5. The van der Waals surface area contributed by atoms with Crippen LogP contribution in [0.2, 0.25) is 0 Å². The van der Waals surface area contributed by atoms with Gasteiger partial charge in [0.2, 0.25) is 0 Å². The summed E-state index contributed by atoms with van der Waals surface area (Å²) in [6, 6.07) is 5.40. The number of carbonyl (C=O) groups is 1. The lowest BCUT2D eigenvalue weighted by atomic mass is 10.1. The first-order chi connectivity index (χ1) is 10.0. The summed E-state index contributed by atoms with van der Waals surface area (Å²) in [4.78, 5) is 16.4. The Hall–Kier alpha value is -1.75. The summed E-state index contributed by atoms with van der Waals surface area (Å²) in [6.07, 6.45) is 0.990. The molecule has 0 saturated carbocycles. The molecule has 0 aromatic heterocycles. The number of nitrogens with zero attached hydrogens (tertiary/aromatic N) is 2. The van der Waals surface area contributed by atoms with E-state index < -0.39 is 0 Å². The Balaban J connectivity index is 3.12. The first kappa shape index (κ1) is 17.3. The Morgan fingerprint density at radius 2 is 1.90 bits per heavy atom. The van der Waals surface area contributed by atoms with Gasteiger partial charge < -0.3 is 20.3 Å². The molecule has 0 spiro atoms. The van der Waals surface area contributed by atoms with Crippen molar-refractivity contribution in [3.05, 3.63) is 23.8 Å². The van der Waals surface area contributed by atoms with Gasteiger partial charge >= 0.3 is 5.97 Å². The molecular weight excluding hydrogens is 266 g/mol. The predicted molar refractivity (Wildman–Crippen MR) is 87.9 cm³/mol. The standard InChI is InChI=1S/C16H27N3O2/c1-5-10-19(12-11-18(3)4)15-13(16(20)21-6-2)8-7-9-14(15)17/h7-9H,5-6,10-12,17H2,1-4H3. The quantitative estimate of drug-likeness (QED) is 0.588. The van der Waals surface area contributed by atoms with Gasteiger partial charge in [-0.1, -0.05) is 13.0 Å². The number of carbonyl (C=O) groups excluding carboxylic acids is 1. The van der Waals surface area contributed by atoms with Crippen molar-refractivity contribution in [1.82, 2.24) is 4.90 Å². The lowest BCUT2D eigenvalue weighted by Crippen LogP contribution is -2.34. The zero-order chi connectivity index (χ0) is 15.8. The lowest BCUT2D eigenvalue weighted by molar-refractivity contribution is 0.0527. The normalized spacial score (nSPS) is 10.7. The predicted octanol–water partition coefficient (Wildman–Crippen LogP) is 2.22. The molecule has 0 aliphatic heterocycles. The number of anilines is 2. The van der Waals surface area contributed by atoms with Crippen LogP contribution in [0.25, 0.3) is 0 Å². The molecule has 0 amide bonds. The third-order valence-electron chi connectivity index (χ3n) is 3.19. The van der Waals surface area contributed by atoms with Gasteiger partial charge in [0, 0.05) is 19.6 Å². The van der Waals surface area contributed by atoms with E-state index in [0.717, 1.165) is 31.7 Å². The van der Waals surface area contributed by atoms with Crippen molar-refractivity contribution in [2.24, 2.45) is 0 Å². The van der Waals surface area contributed by atoms with Crippen LogP contribution in [0.3, 0.4) is 0 Å². The number of likely N-dealkylation sites (N-methyl/N-ethyl adjacent to an activating group) is 1. The molecule has 118 valence electrons. The average Bonchev–Trinajstić information content (AvgIpc) is 2.43. The van der Waals surface area contributed by atoms with Crippen LogP contribution < -0.4 is 10.6 Å². The third kappa shape index (κ3) is 4.93. The minimum atomic E-state index is -0.314. The zero-order valence-electron chi connectivity index (χ0n) is 13.6. The minimum absolute atomic E-state index is 0.314. The summed E-state index contributed by atoms with van der Waals surface area (Å²) < 4.78 is 5.15. The maximum atomic E-state index is 12.1. The van der Waals surface area contributed by atoms with Crippen LogP contribution in [-0.4, -0.2) is 51.2 Å². The molecule has 0 aliphatic carbocycles. The summed E-state index contributed by atoms with van der Waals surface area (Å²) in [5, 5.41) is 0. The smallest absolute Gasteiger partial charge is 0.340 e. The van der Waals surface area contributed by atoms with Crippen LogP contribution in [0.1, 0.15) is 30.6 Å². The highest BCUT2D eigenvalue weighted by molar-refractivity contribution is 5.99. The van der Waals surface area contributed by atoms with Gasteiger partial charge in [-0.25, -0.2) is 4.79 Å². The summed E-state index contributed by atoms with van der Waals surface area (Å²) >= 11 is 0. The number of para-hydroxylation sites is 1. The molecule has 0 fully saturated rings. The maximum absolute atomic E-state index is 12.1. The summed E-state index contributed by atoms with van der Waals surface area (Å²) in [5.41, 5.74) is 8.08. The highest BCUT2D eigenvalue weighted by Gasteiger charge is 2.19. The van der Waals surface area contributed by atoms with E-state index in [9.17, 15) is 4.79 Å². The van der Waals surface area contributed by atoms with Crippen LogP contribution in [-0.2, 0) is 4.74 Å². The molecule has 0 aliphatic rings. The lowest BCUT2D eigenvalue weighted by Gasteiger charge is -2.28. The Kier molecular flexibility index (Phi) is 7.02. The van der Waals surface area contributed by atoms with Gasteiger partial charge in [0.25, 0.3) is 0 Å². The van der Waals surface area contributed by atoms with Gasteiger partial charge in [-0.3, -0.25) is 0 Å². The van der Waals surface area contributed by atoms with E-state index in [2.05, 4.69) is 16.7 Å². The molecule has 0 saturated heterocycles. The molecule has 0 atom stereocenters. The fourth-order valence-electron chi connectivity index (χ4n) is 2.21. The van der Waals surface area contributed by atoms with Gasteiger partial charge in [-0.15, -0.1) is 0 Å².